The highest BCUT2D eigenvalue weighted by atomic mass is 35.5. The molecule has 1 atom stereocenters. The van der Waals surface area contributed by atoms with Crippen LogP contribution in [0, 0.1) is 12.3 Å². The molecule has 1 aromatic heterocycles. The molecule has 2 aromatic rings. The summed E-state index contributed by atoms with van der Waals surface area (Å²) in [5.41, 5.74) is 6.07. The van der Waals surface area contributed by atoms with Crippen LogP contribution in [-0.2, 0) is 6.42 Å². The number of carbonyl (C=O) groups is 2. The van der Waals surface area contributed by atoms with Crippen molar-refractivity contribution in [2.75, 3.05) is 0 Å². The van der Waals surface area contributed by atoms with Gasteiger partial charge in [-0.1, -0.05) is 37.6 Å². The number of fused-ring (bicyclic) bond motifs is 1. The first kappa shape index (κ1) is 18.5. The van der Waals surface area contributed by atoms with Crippen LogP contribution < -0.4 is 10.9 Å². The van der Waals surface area contributed by atoms with Crippen molar-refractivity contribution in [1.29, 1.82) is 0 Å². The Morgan fingerprint density at radius 3 is 2.58 bits per heavy atom. The molecular formula is C19H21ClN2O4. The second-order valence-corrected chi connectivity index (χ2v) is 7.75. The van der Waals surface area contributed by atoms with Crippen molar-refractivity contribution in [3.05, 3.63) is 57.5 Å². The van der Waals surface area contributed by atoms with E-state index in [0.29, 0.717) is 29.7 Å². The minimum atomic E-state index is -0.670. The number of carbonyl (C=O) groups excluding carboxylic acids is 2. The molecule has 7 heteroatoms. The zero-order chi connectivity index (χ0) is 19.1. The van der Waals surface area contributed by atoms with Crippen molar-refractivity contribution in [2.24, 2.45) is 5.41 Å². The normalized spacial score (nSPS) is 18.1. The third kappa shape index (κ3) is 3.48. The maximum Gasteiger partial charge on any atom is 0.305 e. The maximum absolute atomic E-state index is 12.4. The number of furan rings is 1. The van der Waals surface area contributed by atoms with Gasteiger partial charge in [0.15, 0.2) is 5.76 Å². The molecule has 0 bridgehead atoms. The lowest BCUT2D eigenvalue weighted by molar-refractivity contribution is 0.0822. The molecule has 0 aliphatic heterocycles. The molecular weight excluding hydrogens is 356 g/mol. The Hall–Kier alpha value is -2.31. The Morgan fingerprint density at radius 2 is 1.88 bits per heavy atom. The quantitative estimate of drug-likeness (QED) is 0.701. The predicted molar refractivity (Wildman–Crippen MR) is 96.9 cm³/mol. The highest BCUT2D eigenvalue weighted by Crippen LogP contribution is 2.43. The van der Waals surface area contributed by atoms with Gasteiger partial charge in [-0.3, -0.25) is 20.4 Å². The Kier molecular flexibility index (Phi) is 4.82. The summed E-state index contributed by atoms with van der Waals surface area (Å²) in [6, 6.07) is 6.53. The number of amides is 2. The van der Waals surface area contributed by atoms with Gasteiger partial charge in [-0.2, -0.15) is 0 Å². The van der Waals surface area contributed by atoms with E-state index in [0.717, 1.165) is 0 Å². The zero-order valence-corrected chi connectivity index (χ0v) is 15.6. The first-order chi connectivity index (χ1) is 12.2. The molecule has 0 fully saturated rings. The highest BCUT2D eigenvalue weighted by Gasteiger charge is 2.37. The highest BCUT2D eigenvalue weighted by molar-refractivity contribution is 6.33. The second kappa shape index (κ2) is 6.78. The van der Waals surface area contributed by atoms with Gasteiger partial charge in [0, 0.05) is 17.5 Å². The molecule has 0 saturated heterocycles. The number of benzene rings is 1. The summed E-state index contributed by atoms with van der Waals surface area (Å²) < 4.78 is 5.72. The summed E-state index contributed by atoms with van der Waals surface area (Å²) >= 11 is 5.97. The number of hydrogen-bond donors (Lipinski definition) is 3. The average Bonchev–Trinajstić information content (AvgIpc) is 2.88. The van der Waals surface area contributed by atoms with Crippen LogP contribution in [0.1, 0.15) is 64.2 Å². The lowest BCUT2D eigenvalue weighted by Gasteiger charge is -2.31. The summed E-state index contributed by atoms with van der Waals surface area (Å²) in [6.45, 7) is 5.82. The molecule has 3 N–H and O–H groups in total. The number of halogens is 1. The van der Waals surface area contributed by atoms with E-state index in [2.05, 4.69) is 10.9 Å². The molecule has 1 aliphatic carbocycles. The molecule has 0 radical (unpaired) electrons. The summed E-state index contributed by atoms with van der Waals surface area (Å²) in [5.74, 6) is -0.401. The monoisotopic (exact) mass is 376 g/mol. The minimum Gasteiger partial charge on any atom is -0.455 e. The van der Waals surface area contributed by atoms with Gasteiger partial charge in [-0.15, -0.1) is 0 Å². The number of nitrogens with one attached hydrogen (secondary N) is 2. The Bertz CT molecular complexity index is 872. The number of aliphatic hydroxyl groups is 1. The van der Waals surface area contributed by atoms with E-state index in [1.807, 2.05) is 13.8 Å². The van der Waals surface area contributed by atoms with E-state index in [1.165, 1.54) is 0 Å². The molecule has 0 spiro atoms. The summed E-state index contributed by atoms with van der Waals surface area (Å²) in [5, 5.41) is 10.7. The Morgan fingerprint density at radius 1 is 1.23 bits per heavy atom. The van der Waals surface area contributed by atoms with Gasteiger partial charge >= 0.3 is 5.91 Å². The third-order valence-electron chi connectivity index (χ3n) is 4.60. The van der Waals surface area contributed by atoms with Crippen molar-refractivity contribution in [3.8, 4) is 0 Å². The van der Waals surface area contributed by atoms with E-state index in [9.17, 15) is 14.7 Å². The van der Waals surface area contributed by atoms with Crippen LogP contribution in [0.4, 0.5) is 0 Å². The zero-order valence-electron chi connectivity index (χ0n) is 14.9. The fourth-order valence-electron chi connectivity index (χ4n) is 3.39. The molecule has 26 heavy (non-hydrogen) atoms. The molecule has 1 unspecified atom stereocenters. The Labute approximate surface area is 156 Å². The van der Waals surface area contributed by atoms with E-state index in [-0.39, 0.29) is 21.8 Å². The van der Waals surface area contributed by atoms with Gasteiger partial charge in [0.1, 0.15) is 5.76 Å². The van der Waals surface area contributed by atoms with Crippen LogP contribution in [0.15, 0.2) is 28.7 Å². The van der Waals surface area contributed by atoms with Crippen LogP contribution >= 0.6 is 11.6 Å². The summed E-state index contributed by atoms with van der Waals surface area (Å²) in [4.78, 5) is 24.6. The fraction of sp³-hybridized carbons (Fsp3) is 0.368. The van der Waals surface area contributed by atoms with Crippen LogP contribution in [0.2, 0.25) is 5.02 Å². The number of hydrazine groups is 1. The number of aliphatic hydroxyl groups excluding tert-OH is 1. The first-order valence-corrected chi connectivity index (χ1v) is 8.73. The molecule has 3 rings (SSSR count). The molecule has 2 amide bonds. The van der Waals surface area contributed by atoms with Crippen LogP contribution in [0.3, 0.4) is 0 Å². The first-order valence-electron chi connectivity index (χ1n) is 8.35. The Balaban J connectivity index is 1.75. The number of hydrogen-bond acceptors (Lipinski definition) is 4. The summed E-state index contributed by atoms with van der Waals surface area (Å²) in [7, 11) is 0. The SMILES string of the molecule is Cc1c(C(=O)NNC(=O)c2ccccc2Cl)oc2c1C(O)CC(C)(C)C2. The molecule has 138 valence electrons. The molecule has 1 heterocycles. The van der Waals surface area contributed by atoms with Crippen molar-refractivity contribution in [2.45, 2.75) is 39.7 Å². The van der Waals surface area contributed by atoms with Crippen molar-refractivity contribution >= 4 is 23.4 Å². The van der Waals surface area contributed by atoms with Crippen molar-refractivity contribution in [1.82, 2.24) is 10.9 Å². The molecule has 0 saturated carbocycles. The van der Waals surface area contributed by atoms with Crippen LogP contribution in [0.5, 0.6) is 0 Å². The molecule has 6 nitrogen and oxygen atoms in total. The van der Waals surface area contributed by atoms with Gasteiger partial charge in [0.05, 0.1) is 16.7 Å². The maximum atomic E-state index is 12.4. The fourth-order valence-corrected chi connectivity index (χ4v) is 3.61. The van der Waals surface area contributed by atoms with E-state index >= 15 is 0 Å². The van der Waals surface area contributed by atoms with E-state index in [4.69, 9.17) is 16.0 Å². The van der Waals surface area contributed by atoms with Gasteiger partial charge < -0.3 is 9.52 Å². The van der Waals surface area contributed by atoms with Gasteiger partial charge in [0.25, 0.3) is 5.91 Å². The largest absolute Gasteiger partial charge is 0.455 e. The average molecular weight is 377 g/mol. The second-order valence-electron chi connectivity index (χ2n) is 7.34. The minimum absolute atomic E-state index is 0.0891. The third-order valence-corrected chi connectivity index (χ3v) is 4.93. The van der Waals surface area contributed by atoms with E-state index < -0.39 is 17.9 Å². The standard InChI is InChI=1S/C19H21ClN2O4/c1-10-15-13(23)8-19(2,3)9-14(15)26-16(10)18(25)22-21-17(24)11-6-4-5-7-12(11)20/h4-7,13,23H,8-9H2,1-3H3,(H,21,24)(H,22,25). The van der Waals surface area contributed by atoms with Gasteiger partial charge in [0.2, 0.25) is 0 Å². The van der Waals surface area contributed by atoms with E-state index in [1.54, 1.807) is 31.2 Å². The van der Waals surface area contributed by atoms with Gasteiger partial charge in [-0.05, 0) is 30.9 Å². The van der Waals surface area contributed by atoms with Crippen LogP contribution in [0.25, 0.3) is 0 Å². The number of rotatable bonds is 2. The van der Waals surface area contributed by atoms with Crippen LogP contribution in [-0.4, -0.2) is 16.9 Å². The topological polar surface area (TPSA) is 91.6 Å². The molecule has 1 aromatic carbocycles. The van der Waals surface area contributed by atoms with Crippen molar-refractivity contribution in [3.63, 3.8) is 0 Å². The lowest BCUT2D eigenvalue weighted by Crippen LogP contribution is -2.41. The lowest BCUT2D eigenvalue weighted by atomic mass is 9.75. The molecule has 1 aliphatic rings. The van der Waals surface area contributed by atoms with Crippen molar-refractivity contribution < 1.29 is 19.1 Å². The van der Waals surface area contributed by atoms with Gasteiger partial charge in [-0.25, -0.2) is 0 Å². The predicted octanol–water partition coefficient (Wildman–Crippen LogP) is 3.32. The smallest absolute Gasteiger partial charge is 0.305 e. The summed E-state index contributed by atoms with van der Waals surface area (Å²) in [6.07, 6.45) is 0.571.